The Balaban J connectivity index is 1.91. The van der Waals surface area contributed by atoms with Crippen LogP contribution >= 0.6 is 0 Å². The molecule has 5 nitrogen and oxygen atoms in total. The van der Waals surface area contributed by atoms with Crippen molar-refractivity contribution in [3.8, 4) is 22.5 Å². The van der Waals surface area contributed by atoms with E-state index in [2.05, 4.69) is 4.98 Å². The van der Waals surface area contributed by atoms with Crippen molar-refractivity contribution in [3.05, 3.63) is 78.6 Å². The highest BCUT2D eigenvalue weighted by Gasteiger charge is 2.14. The van der Waals surface area contributed by atoms with Crippen LogP contribution in [-0.2, 0) is 4.74 Å². The van der Waals surface area contributed by atoms with E-state index in [1.165, 1.54) is 7.11 Å². The van der Waals surface area contributed by atoms with E-state index in [0.717, 1.165) is 33.5 Å². The first-order valence-corrected chi connectivity index (χ1v) is 8.12. The van der Waals surface area contributed by atoms with Gasteiger partial charge in [0.05, 0.1) is 35.8 Å². The number of carbonyl (C=O) groups is 1. The average Bonchev–Trinajstić information content (AvgIpc) is 2.73. The van der Waals surface area contributed by atoms with Crippen LogP contribution in [0.5, 0.6) is 0 Å². The molecule has 126 valence electrons. The summed E-state index contributed by atoms with van der Waals surface area (Å²) < 4.78 is 4.76. The fourth-order valence-corrected chi connectivity index (χ4v) is 2.79. The highest BCUT2D eigenvalue weighted by Crippen LogP contribution is 2.30. The number of hydrogen-bond donors (Lipinski definition) is 0. The molecule has 0 radical (unpaired) electrons. The minimum Gasteiger partial charge on any atom is -0.465 e. The second-order valence-corrected chi connectivity index (χ2v) is 5.72. The number of esters is 1. The average molecular weight is 341 g/mol. The van der Waals surface area contributed by atoms with Crippen molar-refractivity contribution in [2.45, 2.75) is 0 Å². The lowest BCUT2D eigenvalue weighted by atomic mass is 10.0. The van der Waals surface area contributed by atoms with Gasteiger partial charge >= 0.3 is 5.97 Å². The van der Waals surface area contributed by atoms with Crippen molar-refractivity contribution in [3.63, 3.8) is 0 Å². The molecule has 2 heterocycles. The number of hydrogen-bond acceptors (Lipinski definition) is 5. The highest BCUT2D eigenvalue weighted by molar-refractivity contribution is 5.91. The van der Waals surface area contributed by atoms with Gasteiger partial charge in [-0.05, 0) is 18.2 Å². The predicted molar refractivity (Wildman–Crippen MR) is 99.5 cm³/mol. The van der Waals surface area contributed by atoms with Crippen LogP contribution in [-0.4, -0.2) is 28.0 Å². The van der Waals surface area contributed by atoms with E-state index in [0.29, 0.717) is 5.56 Å². The van der Waals surface area contributed by atoms with Crippen LogP contribution in [0.15, 0.2) is 73.1 Å². The van der Waals surface area contributed by atoms with Crippen molar-refractivity contribution in [1.29, 1.82) is 0 Å². The van der Waals surface area contributed by atoms with Crippen molar-refractivity contribution < 1.29 is 9.53 Å². The molecule has 0 saturated heterocycles. The topological polar surface area (TPSA) is 65.0 Å². The Bertz CT molecular complexity index is 1080. The van der Waals surface area contributed by atoms with Gasteiger partial charge in [0.1, 0.15) is 5.52 Å². The first kappa shape index (κ1) is 15.9. The summed E-state index contributed by atoms with van der Waals surface area (Å²) in [5.41, 5.74) is 5.38. The summed E-state index contributed by atoms with van der Waals surface area (Å²) in [6.45, 7) is 0. The molecule has 0 saturated carbocycles. The molecule has 2 aromatic heterocycles. The first-order valence-electron chi connectivity index (χ1n) is 8.12. The van der Waals surface area contributed by atoms with Crippen molar-refractivity contribution in [2.75, 3.05) is 7.11 Å². The second kappa shape index (κ2) is 6.72. The van der Waals surface area contributed by atoms with E-state index in [4.69, 9.17) is 14.7 Å². The van der Waals surface area contributed by atoms with E-state index in [-0.39, 0.29) is 5.97 Å². The summed E-state index contributed by atoms with van der Waals surface area (Å²) >= 11 is 0. The standard InChI is InChI=1S/C21H15N3O2/c1-26-21(25)16-9-7-15(8-10-16)20-19(14-5-3-2-4-6-14)23-17-11-12-22-13-18(17)24-20/h2-13H,1H3. The van der Waals surface area contributed by atoms with Gasteiger partial charge in [-0.2, -0.15) is 0 Å². The lowest BCUT2D eigenvalue weighted by Gasteiger charge is -2.10. The van der Waals surface area contributed by atoms with Crippen LogP contribution in [0.3, 0.4) is 0 Å². The summed E-state index contributed by atoms with van der Waals surface area (Å²) in [7, 11) is 1.37. The van der Waals surface area contributed by atoms with Gasteiger partial charge in [0.25, 0.3) is 0 Å². The second-order valence-electron chi connectivity index (χ2n) is 5.72. The number of nitrogens with zero attached hydrogens (tertiary/aromatic N) is 3. The monoisotopic (exact) mass is 341 g/mol. The molecule has 0 unspecified atom stereocenters. The van der Waals surface area contributed by atoms with E-state index in [1.807, 2.05) is 48.5 Å². The largest absolute Gasteiger partial charge is 0.465 e. The normalized spacial score (nSPS) is 10.7. The molecule has 0 fully saturated rings. The Hall–Kier alpha value is -3.60. The molecule has 0 amide bonds. The smallest absolute Gasteiger partial charge is 0.337 e. The van der Waals surface area contributed by atoms with Gasteiger partial charge < -0.3 is 4.74 Å². The van der Waals surface area contributed by atoms with E-state index >= 15 is 0 Å². The molecule has 4 rings (SSSR count). The van der Waals surface area contributed by atoms with Crippen LogP contribution in [0.2, 0.25) is 0 Å². The van der Waals surface area contributed by atoms with E-state index < -0.39 is 0 Å². The van der Waals surface area contributed by atoms with Crippen molar-refractivity contribution in [1.82, 2.24) is 15.0 Å². The van der Waals surface area contributed by atoms with Gasteiger partial charge in [-0.15, -0.1) is 0 Å². The quantitative estimate of drug-likeness (QED) is 0.524. The van der Waals surface area contributed by atoms with Crippen LogP contribution < -0.4 is 0 Å². The predicted octanol–water partition coefficient (Wildman–Crippen LogP) is 4.15. The Morgan fingerprint density at radius 3 is 2.15 bits per heavy atom. The molecule has 0 aliphatic rings. The molecule has 4 aromatic rings. The van der Waals surface area contributed by atoms with Gasteiger partial charge in [0.2, 0.25) is 0 Å². The first-order chi connectivity index (χ1) is 12.8. The zero-order valence-electron chi connectivity index (χ0n) is 14.1. The third-order valence-electron chi connectivity index (χ3n) is 4.09. The Morgan fingerprint density at radius 1 is 0.808 bits per heavy atom. The zero-order valence-corrected chi connectivity index (χ0v) is 14.1. The Labute approximate surface area is 150 Å². The molecule has 0 N–H and O–H groups in total. The molecular formula is C21H15N3O2. The number of ether oxygens (including phenoxy) is 1. The molecule has 0 bridgehead atoms. The molecule has 0 aliphatic heterocycles. The maximum absolute atomic E-state index is 11.7. The summed E-state index contributed by atoms with van der Waals surface area (Å²) in [6.07, 6.45) is 3.40. The number of carbonyl (C=O) groups excluding carboxylic acids is 1. The Kier molecular flexibility index (Phi) is 4.11. The molecular weight excluding hydrogens is 326 g/mol. The van der Waals surface area contributed by atoms with E-state index in [9.17, 15) is 4.79 Å². The number of pyridine rings is 1. The number of aromatic nitrogens is 3. The summed E-state index contributed by atoms with van der Waals surface area (Å²) in [5.74, 6) is -0.367. The third kappa shape index (κ3) is 2.91. The number of fused-ring (bicyclic) bond motifs is 1. The van der Waals surface area contributed by atoms with Crippen LogP contribution in [0.25, 0.3) is 33.5 Å². The molecule has 0 spiro atoms. The molecule has 26 heavy (non-hydrogen) atoms. The van der Waals surface area contributed by atoms with Gasteiger partial charge in [-0.25, -0.2) is 14.8 Å². The van der Waals surface area contributed by atoms with Crippen LogP contribution in [0.1, 0.15) is 10.4 Å². The maximum Gasteiger partial charge on any atom is 0.337 e. The van der Waals surface area contributed by atoms with Crippen molar-refractivity contribution in [2.24, 2.45) is 0 Å². The summed E-state index contributed by atoms with van der Waals surface area (Å²) in [5, 5.41) is 0. The third-order valence-corrected chi connectivity index (χ3v) is 4.09. The fraction of sp³-hybridized carbons (Fsp3) is 0.0476. The highest BCUT2D eigenvalue weighted by atomic mass is 16.5. The number of rotatable bonds is 3. The SMILES string of the molecule is COC(=O)c1ccc(-c2nc3cnccc3nc2-c2ccccc2)cc1. The molecule has 5 heteroatoms. The van der Waals surface area contributed by atoms with Gasteiger partial charge in [0.15, 0.2) is 0 Å². The van der Waals surface area contributed by atoms with Gasteiger partial charge in [-0.1, -0.05) is 42.5 Å². The number of benzene rings is 2. The lowest BCUT2D eigenvalue weighted by Crippen LogP contribution is -2.01. The fourth-order valence-electron chi connectivity index (χ4n) is 2.79. The Morgan fingerprint density at radius 2 is 1.46 bits per heavy atom. The minimum absolute atomic E-state index is 0.367. The van der Waals surface area contributed by atoms with Crippen molar-refractivity contribution >= 4 is 17.0 Å². The maximum atomic E-state index is 11.7. The van der Waals surface area contributed by atoms with Gasteiger partial charge in [0, 0.05) is 17.3 Å². The number of methoxy groups -OCH3 is 1. The van der Waals surface area contributed by atoms with E-state index in [1.54, 1.807) is 24.5 Å². The molecule has 0 atom stereocenters. The summed E-state index contributed by atoms with van der Waals surface area (Å²) in [6, 6.07) is 18.9. The minimum atomic E-state index is -0.367. The zero-order chi connectivity index (χ0) is 17.9. The van der Waals surface area contributed by atoms with Gasteiger partial charge in [-0.3, -0.25) is 4.98 Å². The summed E-state index contributed by atoms with van der Waals surface area (Å²) in [4.78, 5) is 25.4. The molecule has 0 aliphatic carbocycles. The molecule has 2 aromatic carbocycles. The van der Waals surface area contributed by atoms with Crippen LogP contribution in [0, 0.1) is 0 Å². The lowest BCUT2D eigenvalue weighted by molar-refractivity contribution is 0.0601. The van der Waals surface area contributed by atoms with Crippen LogP contribution in [0.4, 0.5) is 0 Å².